The summed E-state index contributed by atoms with van der Waals surface area (Å²) in [5, 5.41) is 2.55. The highest BCUT2D eigenvalue weighted by molar-refractivity contribution is 7.89. The van der Waals surface area contributed by atoms with Gasteiger partial charge in [-0.15, -0.1) is 0 Å². The summed E-state index contributed by atoms with van der Waals surface area (Å²) in [6, 6.07) is 6.36. The molecule has 0 saturated carbocycles. The Labute approximate surface area is 165 Å². The SMILES string of the molecule is Cc1nc(-c2ccc(S(=O)(=O)NCC=CCNC(=O)OC(C)(C)C)cc2)co1. The van der Waals surface area contributed by atoms with Crippen LogP contribution in [0.25, 0.3) is 11.3 Å². The molecule has 8 nitrogen and oxygen atoms in total. The summed E-state index contributed by atoms with van der Waals surface area (Å²) >= 11 is 0. The molecule has 0 aliphatic rings. The van der Waals surface area contributed by atoms with E-state index < -0.39 is 21.7 Å². The van der Waals surface area contributed by atoms with Crippen molar-refractivity contribution in [3.63, 3.8) is 0 Å². The number of carbonyl (C=O) groups is 1. The zero-order valence-electron chi connectivity index (χ0n) is 16.4. The standard InChI is InChI=1S/C19H25N3O5S/c1-14-22-17(13-26-14)15-7-9-16(10-8-15)28(24,25)21-12-6-5-11-20-18(23)27-19(2,3)4/h5-10,13,21H,11-12H2,1-4H3,(H,20,23). The van der Waals surface area contributed by atoms with Crippen LogP contribution in [0.4, 0.5) is 4.79 Å². The predicted octanol–water partition coefficient (Wildman–Crippen LogP) is 3.01. The third-order valence-corrected chi connectivity index (χ3v) is 4.84. The van der Waals surface area contributed by atoms with E-state index >= 15 is 0 Å². The van der Waals surface area contributed by atoms with E-state index in [4.69, 9.17) is 9.15 Å². The first-order valence-electron chi connectivity index (χ1n) is 8.71. The second-order valence-corrected chi connectivity index (χ2v) is 8.75. The highest BCUT2D eigenvalue weighted by Gasteiger charge is 2.15. The van der Waals surface area contributed by atoms with E-state index in [0.717, 1.165) is 5.56 Å². The molecule has 0 aliphatic carbocycles. The molecule has 28 heavy (non-hydrogen) atoms. The lowest BCUT2D eigenvalue weighted by molar-refractivity contribution is 0.0534. The van der Waals surface area contributed by atoms with Crippen LogP contribution < -0.4 is 10.0 Å². The van der Waals surface area contributed by atoms with Crippen molar-refractivity contribution in [1.29, 1.82) is 0 Å². The molecular weight excluding hydrogens is 382 g/mol. The van der Waals surface area contributed by atoms with Crippen LogP contribution in [-0.4, -0.2) is 38.2 Å². The van der Waals surface area contributed by atoms with E-state index in [1.165, 1.54) is 18.4 Å². The summed E-state index contributed by atoms with van der Waals surface area (Å²) < 4.78 is 37.3. The average Bonchev–Trinajstić information content (AvgIpc) is 3.03. The second kappa shape index (κ2) is 9.03. The Bertz CT molecular complexity index is 925. The van der Waals surface area contributed by atoms with E-state index in [1.54, 1.807) is 52.0 Å². The molecule has 1 amide bonds. The third-order valence-electron chi connectivity index (χ3n) is 3.40. The van der Waals surface area contributed by atoms with Gasteiger partial charge in [0.15, 0.2) is 5.89 Å². The summed E-state index contributed by atoms with van der Waals surface area (Å²) in [4.78, 5) is 15.8. The van der Waals surface area contributed by atoms with Gasteiger partial charge >= 0.3 is 6.09 Å². The van der Waals surface area contributed by atoms with Crippen LogP contribution in [0.15, 0.2) is 52.0 Å². The Morgan fingerprint density at radius 3 is 2.39 bits per heavy atom. The van der Waals surface area contributed by atoms with Gasteiger partial charge < -0.3 is 14.5 Å². The Morgan fingerprint density at radius 1 is 1.18 bits per heavy atom. The van der Waals surface area contributed by atoms with Crippen LogP contribution >= 0.6 is 0 Å². The minimum atomic E-state index is -3.64. The largest absolute Gasteiger partial charge is 0.449 e. The number of nitrogens with zero attached hydrogens (tertiary/aromatic N) is 1. The molecule has 0 radical (unpaired) electrons. The molecule has 1 aromatic carbocycles. The molecule has 0 spiro atoms. The fourth-order valence-electron chi connectivity index (χ4n) is 2.17. The lowest BCUT2D eigenvalue weighted by Crippen LogP contribution is -2.32. The van der Waals surface area contributed by atoms with Gasteiger partial charge in [-0.25, -0.2) is 22.9 Å². The lowest BCUT2D eigenvalue weighted by Gasteiger charge is -2.19. The number of hydrogen-bond acceptors (Lipinski definition) is 6. The molecule has 0 atom stereocenters. The second-order valence-electron chi connectivity index (χ2n) is 6.98. The monoisotopic (exact) mass is 407 g/mol. The summed E-state index contributed by atoms with van der Waals surface area (Å²) in [5.41, 5.74) is 0.851. The minimum absolute atomic E-state index is 0.0998. The normalized spacial score (nSPS) is 12.3. The number of amides is 1. The number of hydrogen-bond donors (Lipinski definition) is 2. The Morgan fingerprint density at radius 2 is 1.82 bits per heavy atom. The maximum Gasteiger partial charge on any atom is 0.407 e. The van der Waals surface area contributed by atoms with Crippen LogP contribution in [0.5, 0.6) is 0 Å². The number of aryl methyl sites for hydroxylation is 1. The number of alkyl carbamates (subject to hydrolysis) is 1. The highest BCUT2D eigenvalue weighted by atomic mass is 32.2. The molecule has 2 rings (SSSR count). The van der Waals surface area contributed by atoms with E-state index in [2.05, 4.69) is 15.0 Å². The molecule has 1 heterocycles. The molecule has 0 aliphatic heterocycles. The molecule has 0 saturated heterocycles. The fraction of sp³-hybridized carbons (Fsp3) is 0.368. The van der Waals surface area contributed by atoms with E-state index in [9.17, 15) is 13.2 Å². The molecule has 1 aromatic heterocycles. The molecule has 0 fully saturated rings. The van der Waals surface area contributed by atoms with Gasteiger partial charge in [-0.3, -0.25) is 0 Å². The summed E-state index contributed by atoms with van der Waals surface area (Å²) in [6.07, 6.45) is 4.25. The first kappa shape index (κ1) is 21.6. The summed E-state index contributed by atoms with van der Waals surface area (Å²) in [7, 11) is -3.64. The van der Waals surface area contributed by atoms with E-state index in [-0.39, 0.29) is 18.0 Å². The van der Waals surface area contributed by atoms with Crippen molar-refractivity contribution in [1.82, 2.24) is 15.0 Å². The maximum absolute atomic E-state index is 12.3. The van der Waals surface area contributed by atoms with Crippen molar-refractivity contribution in [2.24, 2.45) is 0 Å². The highest BCUT2D eigenvalue weighted by Crippen LogP contribution is 2.20. The molecule has 2 aromatic rings. The van der Waals surface area contributed by atoms with Crippen LogP contribution in [0.2, 0.25) is 0 Å². The topological polar surface area (TPSA) is 111 Å². The number of aromatic nitrogens is 1. The third kappa shape index (κ3) is 6.82. The molecule has 9 heteroatoms. The van der Waals surface area contributed by atoms with Crippen molar-refractivity contribution in [2.75, 3.05) is 13.1 Å². The van der Waals surface area contributed by atoms with Crippen LogP contribution in [0, 0.1) is 6.92 Å². The zero-order valence-corrected chi connectivity index (χ0v) is 17.2. The van der Waals surface area contributed by atoms with E-state index in [1.807, 2.05) is 0 Å². The van der Waals surface area contributed by atoms with Gasteiger partial charge in [0.2, 0.25) is 10.0 Å². The van der Waals surface area contributed by atoms with E-state index in [0.29, 0.717) is 11.6 Å². The molecule has 152 valence electrons. The first-order valence-corrected chi connectivity index (χ1v) is 10.2. The van der Waals surface area contributed by atoms with Crippen LogP contribution in [-0.2, 0) is 14.8 Å². The number of carbonyl (C=O) groups excluding carboxylic acids is 1. The lowest BCUT2D eigenvalue weighted by atomic mass is 10.2. The van der Waals surface area contributed by atoms with Gasteiger partial charge in [0.25, 0.3) is 0 Å². The first-order chi connectivity index (χ1) is 13.1. The van der Waals surface area contributed by atoms with Gasteiger partial charge in [-0.05, 0) is 32.9 Å². The predicted molar refractivity (Wildman–Crippen MR) is 105 cm³/mol. The number of rotatable bonds is 7. The Balaban J connectivity index is 1.82. The van der Waals surface area contributed by atoms with Gasteiger partial charge in [-0.1, -0.05) is 24.3 Å². The van der Waals surface area contributed by atoms with Crippen molar-refractivity contribution < 1.29 is 22.4 Å². The van der Waals surface area contributed by atoms with Crippen molar-refractivity contribution in [3.8, 4) is 11.3 Å². The number of oxazole rings is 1. The van der Waals surface area contributed by atoms with Crippen LogP contribution in [0.1, 0.15) is 26.7 Å². The Hall–Kier alpha value is -2.65. The number of sulfonamides is 1. The fourth-order valence-corrected chi connectivity index (χ4v) is 3.14. The molecule has 0 unspecified atom stereocenters. The van der Waals surface area contributed by atoms with Crippen molar-refractivity contribution >= 4 is 16.1 Å². The summed E-state index contributed by atoms with van der Waals surface area (Å²) in [6.45, 7) is 7.40. The van der Waals surface area contributed by atoms with Crippen LogP contribution in [0.3, 0.4) is 0 Å². The van der Waals surface area contributed by atoms with Crippen molar-refractivity contribution in [2.45, 2.75) is 38.2 Å². The quantitative estimate of drug-likeness (QED) is 0.683. The average molecular weight is 407 g/mol. The maximum atomic E-state index is 12.3. The molecular formula is C19H25N3O5S. The zero-order chi connectivity index (χ0) is 20.8. The minimum Gasteiger partial charge on any atom is -0.449 e. The van der Waals surface area contributed by atoms with Gasteiger partial charge in [0.05, 0.1) is 4.90 Å². The number of nitrogens with one attached hydrogen (secondary N) is 2. The Kier molecular flexibility index (Phi) is 6.98. The molecule has 0 bridgehead atoms. The number of benzene rings is 1. The molecule has 2 N–H and O–H groups in total. The van der Waals surface area contributed by atoms with Gasteiger partial charge in [-0.2, -0.15) is 0 Å². The van der Waals surface area contributed by atoms with Gasteiger partial charge in [0.1, 0.15) is 17.6 Å². The summed E-state index contributed by atoms with van der Waals surface area (Å²) in [5.74, 6) is 0.543. The smallest absolute Gasteiger partial charge is 0.407 e. The van der Waals surface area contributed by atoms with Gasteiger partial charge in [0, 0.05) is 25.6 Å². The van der Waals surface area contributed by atoms with Crippen molar-refractivity contribution in [3.05, 3.63) is 48.6 Å². The number of ether oxygens (including phenoxy) is 1.